The number of amides is 1. The van der Waals surface area contributed by atoms with Crippen LogP contribution in [-0.4, -0.2) is 34.5 Å². The van der Waals surface area contributed by atoms with Crippen LogP contribution in [0, 0.1) is 13.8 Å². The number of hydrogen-bond acceptors (Lipinski definition) is 4. The Morgan fingerprint density at radius 3 is 2.75 bits per heavy atom. The van der Waals surface area contributed by atoms with Crippen molar-refractivity contribution in [2.45, 2.75) is 20.3 Å². The molecular weight excluding hydrogens is 452 g/mol. The topological polar surface area (TPSA) is 32.7 Å². The zero-order chi connectivity index (χ0) is 20.1. The van der Waals surface area contributed by atoms with E-state index in [4.69, 9.17) is 4.99 Å². The molecule has 1 amide bonds. The third-order valence-electron chi connectivity index (χ3n) is 4.33. The number of thioether (sulfide) groups is 2. The maximum absolute atomic E-state index is 13.1. The fraction of sp³-hybridized carbons (Fsp3) is 0.273. The summed E-state index contributed by atoms with van der Waals surface area (Å²) in [6.07, 6.45) is 4.98. The van der Waals surface area contributed by atoms with Crippen LogP contribution < -0.4 is 0 Å². The molecule has 0 aliphatic carbocycles. The van der Waals surface area contributed by atoms with Gasteiger partial charge in [-0.15, -0.1) is 0 Å². The van der Waals surface area contributed by atoms with E-state index >= 15 is 0 Å². The van der Waals surface area contributed by atoms with Gasteiger partial charge in [-0.05, 0) is 79.4 Å². The Kier molecular flexibility index (Phi) is 7.43. The van der Waals surface area contributed by atoms with Gasteiger partial charge in [0.1, 0.15) is 0 Å². The first-order valence-electron chi connectivity index (χ1n) is 9.10. The minimum atomic E-state index is 0.0367. The zero-order valence-electron chi connectivity index (χ0n) is 16.2. The van der Waals surface area contributed by atoms with Crippen molar-refractivity contribution in [3.63, 3.8) is 0 Å². The van der Waals surface area contributed by atoms with Gasteiger partial charge in [0, 0.05) is 11.0 Å². The summed E-state index contributed by atoms with van der Waals surface area (Å²) in [4.78, 5) is 20.4. The van der Waals surface area contributed by atoms with Gasteiger partial charge < -0.3 is 0 Å². The average Bonchev–Trinajstić information content (AvgIpc) is 2.93. The van der Waals surface area contributed by atoms with Gasteiger partial charge >= 0.3 is 0 Å². The molecule has 1 fully saturated rings. The summed E-state index contributed by atoms with van der Waals surface area (Å²) < 4.78 is 0.998. The lowest BCUT2D eigenvalue weighted by molar-refractivity contribution is -0.122. The lowest BCUT2D eigenvalue weighted by Gasteiger charge is -2.15. The normalized spacial score (nSPS) is 17.1. The number of rotatable bonds is 6. The Bertz CT molecular complexity index is 940. The van der Waals surface area contributed by atoms with Crippen LogP contribution in [0.5, 0.6) is 0 Å². The van der Waals surface area contributed by atoms with Crippen LogP contribution in [0.3, 0.4) is 0 Å². The van der Waals surface area contributed by atoms with Crippen LogP contribution in [0.1, 0.15) is 23.1 Å². The Morgan fingerprint density at radius 1 is 1.21 bits per heavy atom. The predicted molar refractivity (Wildman–Crippen MR) is 127 cm³/mol. The Hall–Kier alpha value is -1.50. The van der Waals surface area contributed by atoms with Gasteiger partial charge in [-0.1, -0.05) is 45.8 Å². The molecule has 1 saturated heterocycles. The lowest BCUT2D eigenvalue weighted by atomic mass is 10.1. The van der Waals surface area contributed by atoms with Gasteiger partial charge in [0.25, 0.3) is 5.91 Å². The summed E-state index contributed by atoms with van der Waals surface area (Å²) in [6.45, 7) is 4.82. The van der Waals surface area contributed by atoms with E-state index in [-0.39, 0.29) is 5.91 Å². The number of halogens is 1. The summed E-state index contributed by atoms with van der Waals surface area (Å²) in [6, 6.07) is 14.2. The number of benzene rings is 2. The van der Waals surface area contributed by atoms with Crippen molar-refractivity contribution in [1.82, 2.24) is 4.90 Å². The molecule has 28 heavy (non-hydrogen) atoms. The quantitative estimate of drug-likeness (QED) is 0.357. The second-order valence-electron chi connectivity index (χ2n) is 6.65. The first-order valence-corrected chi connectivity index (χ1v) is 12.1. The number of nitrogens with zero attached hydrogens (tertiary/aromatic N) is 2. The van der Waals surface area contributed by atoms with Gasteiger partial charge in [-0.25, -0.2) is 4.99 Å². The van der Waals surface area contributed by atoms with Crippen molar-refractivity contribution in [3.05, 3.63) is 68.5 Å². The van der Waals surface area contributed by atoms with E-state index in [0.717, 1.165) is 38.6 Å². The van der Waals surface area contributed by atoms with Crippen LogP contribution in [0.25, 0.3) is 6.08 Å². The van der Waals surface area contributed by atoms with Crippen LogP contribution in [-0.2, 0) is 4.79 Å². The number of carbonyl (C=O) groups is 1. The summed E-state index contributed by atoms with van der Waals surface area (Å²) in [7, 11) is 0. The first kappa shape index (κ1) is 21.2. The number of carbonyl (C=O) groups excluding carboxylic acids is 1. The maximum atomic E-state index is 13.1. The van der Waals surface area contributed by atoms with Gasteiger partial charge in [0.05, 0.1) is 10.6 Å². The molecule has 146 valence electrons. The fourth-order valence-electron chi connectivity index (χ4n) is 2.94. The smallest absolute Gasteiger partial charge is 0.266 e. The first-order chi connectivity index (χ1) is 13.5. The monoisotopic (exact) mass is 474 g/mol. The molecule has 3 rings (SSSR count). The van der Waals surface area contributed by atoms with Crippen LogP contribution in [0.4, 0.5) is 5.69 Å². The van der Waals surface area contributed by atoms with E-state index in [1.807, 2.05) is 41.3 Å². The third kappa shape index (κ3) is 5.31. The van der Waals surface area contributed by atoms with E-state index in [1.165, 1.54) is 17.3 Å². The average molecular weight is 475 g/mol. The van der Waals surface area contributed by atoms with Gasteiger partial charge in [-0.3, -0.25) is 9.69 Å². The molecule has 0 N–H and O–H groups in total. The highest BCUT2D eigenvalue weighted by molar-refractivity contribution is 9.10. The molecule has 1 aliphatic heterocycles. The molecule has 6 heteroatoms. The number of amidine groups is 1. The summed E-state index contributed by atoms with van der Waals surface area (Å²) in [5, 5.41) is 0.763. The van der Waals surface area contributed by atoms with E-state index in [2.05, 4.69) is 48.2 Å². The number of aryl methyl sites for hydroxylation is 2. The molecule has 0 bridgehead atoms. The molecule has 0 atom stereocenters. The molecule has 1 heterocycles. The number of aliphatic imine (C=N–C) groups is 1. The highest BCUT2D eigenvalue weighted by Crippen LogP contribution is 2.35. The summed E-state index contributed by atoms with van der Waals surface area (Å²) in [5.41, 5.74) is 4.25. The molecule has 0 spiro atoms. The van der Waals surface area contributed by atoms with Crippen molar-refractivity contribution in [1.29, 1.82) is 0 Å². The molecule has 2 aromatic carbocycles. The molecule has 0 unspecified atom stereocenters. The maximum Gasteiger partial charge on any atom is 0.266 e. The van der Waals surface area contributed by atoms with Crippen molar-refractivity contribution < 1.29 is 4.79 Å². The van der Waals surface area contributed by atoms with Crippen molar-refractivity contribution in [2.24, 2.45) is 4.99 Å². The highest BCUT2D eigenvalue weighted by Gasteiger charge is 2.33. The molecular formula is C22H23BrN2OS2. The minimum absolute atomic E-state index is 0.0367. The van der Waals surface area contributed by atoms with E-state index < -0.39 is 0 Å². The van der Waals surface area contributed by atoms with Crippen molar-refractivity contribution in [2.75, 3.05) is 18.6 Å². The largest absolute Gasteiger partial charge is 0.286 e. The minimum Gasteiger partial charge on any atom is -0.286 e. The van der Waals surface area contributed by atoms with Crippen LogP contribution in [0.15, 0.2) is 56.8 Å². The lowest BCUT2D eigenvalue weighted by Crippen LogP contribution is -2.30. The molecule has 3 nitrogen and oxygen atoms in total. The van der Waals surface area contributed by atoms with Crippen LogP contribution in [0.2, 0.25) is 0 Å². The zero-order valence-corrected chi connectivity index (χ0v) is 19.5. The van der Waals surface area contributed by atoms with Gasteiger partial charge in [0.15, 0.2) is 5.17 Å². The summed E-state index contributed by atoms with van der Waals surface area (Å²) in [5.74, 6) is 1.06. The van der Waals surface area contributed by atoms with Crippen LogP contribution >= 0.6 is 39.5 Å². The van der Waals surface area contributed by atoms with Gasteiger partial charge in [-0.2, -0.15) is 11.8 Å². The Balaban J connectivity index is 1.94. The van der Waals surface area contributed by atoms with E-state index in [1.54, 1.807) is 11.8 Å². The van der Waals surface area contributed by atoms with Crippen molar-refractivity contribution in [3.8, 4) is 0 Å². The highest BCUT2D eigenvalue weighted by atomic mass is 79.9. The molecule has 0 radical (unpaired) electrons. The second-order valence-corrected chi connectivity index (χ2v) is 9.56. The molecule has 1 aliphatic rings. The second kappa shape index (κ2) is 9.81. The SMILES string of the molecule is CSCCCN1C(=O)/C(=C/c2cccc(Br)c2)SC1=Nc1ccc(C)cc1C. The summed E-state index contributed by atoms with van der Waals surface area (Å²) >= 11 is 6.75. The Morgan fingerprint density at radius 2 is 2.04 bits per heavy atom. The van der Waals surface area contributed by atoms with Crippen molar-refractivity contribution >= 4 is 62.3 Å². The molecule has 0 aromatic heterocycles. The third-order valence-corrected chi connectivity index (χ3v) is 6.53. The number of hydrogen-bond donors (Lipinski definition) is 0. The predicted octanol–water partition coefficient (Wildman–Crippen LogP) is 6.42. The molecule has 2 aromatic rings. The fourth-order valence-corrected chi connectivity index (χ4v) is 4.79. The van der Waals surface area contributed by atoms with Gasteiger partial charge in [0.2, 0.25) is 0 Å². The Labute approximate surface area is 183 Å². The standard InChI is InChI=1S/C22H23BrN2OS2/c1-15-8-9-19(16(2)12-15)24-22-25(10-5-11-27-3)21(26)20(28-22)14-17-6-4-7-18(23)13-17/h4,6-9,12-14H,5,10-11H2,1-3H3/b20-14-,24-22?. The molecule has 0 saturated carbocycles. The van der Waals surface area contributed by atoms with E-state index in [0.29, 0.717) is 11.4 Å². The van der Waals surface area contributed by atoms with E-state index in [9.17, 15) is 4.79 Å².